The van der Waals surface area contributed by atoms with Gasteiger partial charge in [-0.25, -0.2) is 0 Å². The molecule has 0 fully saturated rings. The zero-order chi connectivity index (χ0) is 10.5. The second kappa shape index (κ2) is 4.41. The van der Waals surface area contributed by atoms with Crippen molar-refractivity contribution in [2.45, 2.75) is 0 Å². The minimum absolute atomic E-state index is 0.171. The number of rotatable bonds is 0. The predicted molar refractivity (Wildman–Crippen MR) is 54.3 cm³/mol. The smallest absolute Gasteiger partial charge is 0.231 e. The first-order chi connectivity index (χ1) is 7.40. The first kappa shape index (κ1) is 9.45. The van der Waals surface area contributed by atoms with Gasteiger partial charge in [0.05, 0.1) is 0 Å². The lowest BCUT2D eigenvalue weighted by molar-refractivity contribution is 0.174. The third-order valence-electron chi connectivity index (χ3n) is 1.81. The quantitative estimate of drug-likeness (QED) is 0.628. The fourth-order valence-electron chi connectivity index (χ4n) is 1.16. The van der Waals surface area contributed by atoms with E-state index in [4.69, 9.17) is 14.6 Å². The molecule has 1 aliphatic heterocycles. The van der Waals surface area contributed by atoms with E-state index in [2.05, 4.69) is 23.7 Å². The standard InChI is InChI=1S/C12H8O3/c13-7-3-1-2-4-10-5-6-11-12(8-10)15-9-14-11/h5-6,8,13H,7,9H2. The van der Waals surface area contributed by atoms with Gasteiger partial charge in [-0.1, -0.05) is 11.8 Å². The SMILES string of the molecule is OCC#CC#Cc1ccc2c(c1)OCO2. The van der Waals surface area contributed by atoms with Gasteiger partial charge in [-0.05, 0) is 30.0 Å². The van der Waals surface area contributed by atoms with Crippen molar-refractivity contribution < 1.29 is 14.6 Å². The number of fused-ring (bicyclic) bond motifs is 1. The Balaban J connectivity index is 2.19. The lowest BCUT2D eigenvalue weighted by Crippen LogP contribution is -1.92. The molecule has 0 bridgehead atoms. The highest BCUT2D eigenvalue weighted by molar-refractivity contribution is 5.50. The summed E-state index contributed by atoms with van der Waals surface area (Å²) in [6.45, 7) is 0.0896. The van der Waals surface area contributed by atoms with Crippen LogP contribution in [-0.2, 0) is 0 Å². The third kappa shape index (κ3) is 2.22. The number of hydrogen-bond acceptors (Lipinski definition) is 3. The van der Waals surface area contributed by atoms with E-state index in [0.29, 0.717) is 5.75 Å². The van der Waals surface area contributed by atoms with Crippen molar-refractivity contribution in [3.05, 3.63) is 23.8 Å². The molecule has 1 aromatic rings. The number of hydrogen-bond donors (Lipinski definition) is 1. The summed E-state index contributed by atoms with van der Waals surface area (Å²) in [6, 6.07) is 5.45. The van der Waals surface area contributed by atoms with Crippen molar-refractivity contribution in [1.82, 2.24) is 0 Å². The van der Waals surface area contributed by atoms with Crippen molar-refractivity contribution in [3.8, 4) is 35.2 Å². The average Bonchev–Trinajstić information content (AvgIpc) is 2.71. The number of aliphatic hydroxyl groups is 1. The van der Waals surface area contributed by atoms with Crippen LogP contribution in [0.25, 0.3) is 0 Å². The summed E-state index contributed by atoms with van der Waals surface area (Å²) in [7, 11) is 0. The van der Waals surface area contributed by atoms with Crippen LogP contribution in [0.3, 0.4) is 0 Å². The topological polar surface area (TPSA) is 38.7 Å². The van der Waals surface area contributed by atoms with Crippen molar-refractivity contribution in [2.75, 3.05) is 13.4 Å². The first-order valence-electron chi connectivity index (χ1n) is 4.39. The Morgan fingerprint density at radius 3 is 2.93 bits per heavy atom. The third-order valence-corrected chi connectivity index (χ3v) is 1.81. The van der Waals surface area contributed by atoms with E-state index in [1.54, 1.807) is 6.07 Å². The van der Waals surface area contributed by atoms with E-state index in [-0.39, 0.29) is 13.4 Å². The molecule has 0 aliphatic carbocycles. The van der Waals surface area contributed by atoms with Crippen LogP contribution in [0.1, 0.15) is 5.56 Å². The average molecular weight is 200 g/mol. The monoisotopic (exact) mass is 200 g/mol. The van der Waals surface area contributed by atoms with E-state index in [0.717, 1.165) is 11.3 Å². The maximum Gasteiger partial charge on any atom is 0.231 e. The summed E-state index contributed by atoms with van der Waals surface area (Å²) in [5, 5.41) is 8.41. The zero-order valence-corrected chi connectivity index (χ0v) is 7.91. The summed E-state index contributed by atoms with van der Waals surface area (Å²) in [5.41, 5.74) is 0.812. The maximum atomic E-state index is 8.41. The molecule has 0 saturated heterocycles. The van der Waals surface area contributed by atoms with Crippen molar-refractivity contribution in [1.29, 1.82) is 0 Å². The maximum absolute atomic E-state index is 8.41. The van der Waals surface area contributed by atoms with Crippen LogP contribution in [0.2, 0.25) is 0 Å². The normalized spacial score (nSPS) is 11.0. The van der Waals surface area contributed by atoms with E-state index >= 15 is 0 Å². The van der Waals surface area contributed by atoms with E-state index in [1.165, 1.54) is 0 Å². The van der Waals surface area contributed by atoms with Crippen LogP contribution >= 0.6 is 0 Å². The Hall–Kier alpha value is -2.10. The molecule has 0 unspecified atom stereocenters. The Morgan fingerprint density at radius 1 is 1.20 bits per heavy atom. The highest BCUT2D eigenvalue weighted by Crippen LogP contribution is 2.32. The molecule has 0 spiro atoms. The molecule has 1 aromatic carbocycles. The summed E-state index contributed by atoms with van der Waals surface area (Å²) in [5.74, 6) is 11.9. The van der Waals surface area contributed by atoms with Gasteiger partial charge in [-0.15, -0.1) is 0 Å². The fraction of sp³-hybridized carbons (Fsp3) is 0.167. The Bertz CT molecular complexity index is 483. The molecule has 0 aromatic heterocycles. The Kier molecular flexibility index (Phi) is 2.78. The van der Waals surface area contributed by atoms with Gasteiger partial charge in [0, 0.05) is 5.56 Å². The van der Waals surface area contributed by atoms with Gasteiger partial charge in [-0.2, -0.15) is 0 Å². The molecular weight excluding hydrogens is 192 g/mol. The molecule has 2 rings (SSSR count). The number of aliphatic hydroxyl groups excluding tert-OH is 1. The molecule has 3 heteroatoms. The summed E-state index contributed by atoms with van der Waals surface area (Å²) in [6.07, 6.45) is 0. The van der Waals surface area contributed by atoms with Gasteiger partial charge in [0.25, 0.3) is 0 Å². The van der Waals surface area contributed by atoms with Gasteiger partial charge in [0.2, 0.25) is 6.79 Å². The summed E-state index contributed by atoms with van der Waals surface area (Å²) < 4.78 is 10.4. The van der Waals surface area contributed by atoms with Crippen molar-refractivity contribution >= 4 is 0 Å². The van der Waals surface area contributed by atoms with Crippen LogP contribution in [0.15, 0.2) is 18.2 Å². The summed E-state index contributed by atoms with van der Waals surface area (Å²) >= 11 is 0. The van der Waals surface area contributed by atoms with Crippen LogP contribution in [0.5, 0.6) is 11.5 Å². The Labute approximate surface area is 87.6 Å². The minimum atomic E-state index is -0.171. The van der Waals surface area contributed by atoms with Gasteiger partial charge >= 0.3 is 0 Å². The molecule has 0 atom stereocenters. The lowest BCUT2D eigenvalue weighted by atomic mass is 10.2. The molecule has 0 saturated carbocycles. The molecule has 15 heavy (non-hydrogen) atoms. The van der Waals surface area contributed by atoms with Gasteiger partial charge in [0.15, 0.2) is 11.5 Å². The Morgan fingerprint density at radius 2 is 2.07 bits per heavy atom. The second-order valence-electron chi connectivity index (χ2n) is 2.78. The van der Waals surface area contributed by atoms with Crippen molar-refractivity contribution in [3.63, 3.8) is 0 Å². The van der Waals surface area contributed by atoms with E-state index in [1.807, 2.05) is 12.1 Å². The molecule has 0 radical (unpaired) electrons. The number of benzene rings is 1. The van der Waals surface area contributed by atoms with Gasteiger partial charge < -0.3 is 14.6 Å². The van der Waals surface area contributed by atoms with E-state index < -0.39 is 0 Å². The summed E-state index contributed by atoms with van der Waals surface area (Å²) in [4.78, 5) is 0. The second-order valence-corrected chi connectivity index (χ2v) is 2.78. The molecular formula is C12H8O3. The fourth-order valence-corrected chi connectivity index (χ4v) is 1.16. The van der Waals surface area contributed by atoms with Crippen LogP contribution in [0, 0.1) is 23.7 Å². The lowest BCUT2D eigenvalue weighted by Gasteiger charge is -1.94. The minimum Gasteiger partial charge on any atom is -0.454 e. The predicted octanol–water partition coefficient (Wildman–Crippen LogP) is 0.762. The molecule has 1 heterocycles. The highest BCUT2D eigenvalue weighted by atomic mass is 16.7. The van der Waals surface area contributed by atoms with Gasteiger partial charge in [-0.3, -0.25) is 0 Å². The molecule has 1 aliphatic rings. The molecule has 74 valence electrons. The van der Waals surface area contributed by atoms with Crippen LogP contribution in [-0.4, -0.2) is 18.5 Å². The van der Waals surface area contributed by atoms with Crippen molar-refractivity contribution in [2.24, 2.45) is 0 Å². The largest absolute Gasteiger partial charge is 0.454 e. The first-order valence-corrected chi connectivity index (χ1v) is 4.39. The number of ether oxygens (including phenoxy) is 2. The highest BCUT2D eigenvalue weighted by Gasteiger charge is 2.12. The molecule has 0 amide bonds. The molecule has 1 N–H and O–H groups in total. The molecule has 3 nitrogen and oxygen atoms in total. The van der Waals surface area contributed by atoms with Crippen LogP contribution in [0.4, 0.5) is 0 Å². The van der Waals surface area contributed by atoms with Crippen LogP contribution < -0.4 is 9.47 Å². The van der Waals surface area contributed by atoms with E-state index in [9.17, 15) is 0 Å². The zero-order valence-electron chi connectivity index (χ0n) is 7.91. The van der Waals surface area contributed by atoms with Gasteiger partial charge in [0.1, 0.15) is 6.61 Å².